The van der Waals surface area contributed by atoms with Crippen LogP contribution >= 0.6 is 0 Å². The van der Waals surface area contributed by atoms with Crippen LogP contribution in [0.3, 0.4) is 0 Å². The smallest absolute Gasteiger partial charge is 0.0629 e. The molecule has 0 N–H and O–H groups in total. The lowest BCUT2D eigenvalue weighted by Crippen LogP contribution is -2.08. The number of pyridine rings is 1. The first kappa shape index (κ1) is 11.4. The van der Waals surface area contributed by atoms with Gasteiger partial charge in [-0.3, -0.25) is 4.98 Å². The highest BCUT2D eigenvalue weighted by molar-refractivity contribution is 5.70. The number of hydrogen-bond donors (Lipinski definition) is 0. The minimum absolute atomic E-state index is 0.975. The van der Waals surface area contributed by atoms with Crippen molar-refractivity contribution in [3.05, 3.63) is 59.9 Å². The number of nitrogens with zero attached hydrogens (tertiary/aromatic N) is 2. The second-order valence-corrected chi connectivity index (χ2v) is 4.08. The van der Waals surface area contributed by atoms with Crippen LogP contribution in [-0.4, -0.2) is 19.1 Å². The van der Waals surface area contributed by atoms with Gasteiger partial charge in [0.2, 0.25) is 0 Å². The van der Waals surface area contributed by atoms with E-state index in [1.54, 1.807) is 6.20 Å². The third kappa shape index (κ3) is 3.18. The maximum atomic E-state index is 4.25. The van der Waals surface area contributed by atoms with Crippen LogP contribution in [0, 0.1) is 0 Å². The van der Waals surface area contributed by atoms with E-state index in [-0.39, 0.29) is 0 Å². The Kier molecular flexibility index (Phi) is 3.55. The molecule has 0 aliphatic heterocycles. The van der Waals surface area contributed by atoms with Gasteiger partial charge in [0.15, 0.2) is 0 Å². The topological polar surface area (TPSA) is 16.1 Å². The third-order valence-corrected chi connectivity index (χ3v) is 2.52. The first-order chi connectivity index (χ1) is 8.25. The molecule has 2 nitrogen and oxygen atoms in total. The number of anilines is 1. The molecule has 0 saturated carbocycles. The molecule has 1 aromatic carbocycles. The van der Waals surface area contributed by atoms with E-state index in [0.717, 1.165) is 5.69 Å². The Morgan fingerprint density at radius 2 is 1.88 bits per heavy atom. The zero-order chi connectivity index (χ0) is 12.1. The van der Waals surface area contributed by atoms with Crippen molar-refractivity contribution in [3.63, 3.8) is 0 Å². The van der Waals surface area contributed by atoms with E-state index in [0.29, 0.717) is 0 Å². The molecule has 0 radical (unpaired) electrons. The summed E-state index contributed by atoms with van der Waals surface area (Å²) in [6.07, 6.45) is 5.90. The van der Waals surface area contributed by atoms with Crippen LogP contribution in [0.5, 0.6) is 0 Å². The van der Waals surface area contributed by atoms with Gasteiger partial charge in [-0.2, -0.15) is 0 Å². The van der Waals surface area contributed by atoms with Crippen LogP contribution in [0.25, 0.3) is 12.2 Å². The number of hydrogen-bond acceptors (Lipinski definition) is 2. The number of rotatable bonds is 3. The molecule has 0 saturated heterocycles. The van der Waals surface area contributed by atoms with Crippen molar-refractivity contribution in [1.29, 1.82) is 0 Å². The molecule has 0 unspecified atom stereocenters. The highest BCUT2D eigenvalue weighted by Gasteiger charge is 1.94. The lowest BCUT2D eigenvalue weighted by atomic mass is 10.1. The van der Waals surface area contributed by atoms with Gasteiger partial charge in [-0.25, -0.2) is 0 Å². The summed E-state index contributed by atoms with van der Waals surface area (Å²) in [6.45, 7) is 0. The van der Waals surface area contributed by atoms with Crippen LogP contribution in [0.4, 0.5) is 5.69 Å². The van der Waals surface area contributed by atoms with Gasteiger partial charge in [0.25, 0.3) is 0 Å². The van der Waals surface area contributed by atoms with Crippen molar-refractivity contribution in [2.45, 2.75) is 0 Å². The molecule has 0 amide bonds. The Labute approximate surface area is 102 Å². The van der Waals surface area contributed by atoms with Crippen LogP contribution in [-0.2, 0) is 0 Å². The summed E-state index contributed by atoms with van der Waals surface area (Å²) in [4.78, 5) is 6.35. The minimum Gasteiger partial charge on any atom is -0.378 e. The second kappa shape index (κ2) is 5.30. The zero-order valence-electron chi connectivity index (χ0n) is 10.2. The monoisotopic (exact) mass is 224 g/mol. The van der Waals surface area contributed by atoms with Crippen LogP contribution in [0.2, 0.25) is 0 Å². The fourth-order valence-electron chi connectivity index (χ4n) is 1.56. The molecular weight excluding hydrogens is 208 g/mol. The average molecular weight is 224 g/mol. The Hall–Kier alpha value is -2.09. The van der Waals surface area contributed by atoms with Crippen LogP contribution in [0.1, 0.15) is 11.3 Å². The predicted molar refractivity (Wildman–Crippen MR) is 73.9 cm³/mol. The summed E-state index contributed by atoms with van der Waals surface area (Å²) in [6, 6.07) is 14.3. The molecule has 0 spiro atoms. The van der Waals surface area contributed by atoms with Crippen LogP contribution < -0.4 is 4.90 Å². The van der Waals surface area contributed by atoms with Gasteiger partial charge in [0, 0.05) is 26.0 Å². The van der Waals surface area contributed by atoms with Gasteiger partial charge in [0.1, 0.15) is 0 Å². The number of benzene rings is 1. The maximum absolute atomic E-state index is 4.25. The number of aromatic nitrogens is 1. The predicted octanol–water partition coefficient (Wildman–Crippen LogP) is 3.32. The van der Waals surface area contributed by atoms with Crippen molar-refractivity contribution in [3.8, 4) is 0 Å². The molecule has 86 valence electrons. The molecule has 1 heterocycles. The molecule has 2 rings (SSSR count). The summed E-state index contributed by atoms with van der Waals surface area (Å²) in [5.74, 6) is 0. The fraction of sp³-hybridized carbons (Fsp3) is 0.133. The van der Waals surface area contributed by atoms with Gasteiger partial charge in [-0.05, 0) is 35.9 Å². The minimum atomic E-state index is 0.975. The second-order valence-electron chi connectivity index (χ2n) is 4.08. The van der Waals surface area contributed by atoms with Crippen molar-refractivity contribution in [2.24, 2.45) is 0 Å². The molecule has 2 heteroatoms. The molecule has 0 aliphatic carbocycles. The van der Waals surface area contributed by atoms with E-state index >= 15 is 0 Å². The Morgan fingerprint density at radius 3 is 2.59 bits per heavy atom. The lowest BCUT2D eigenvalue weighted by Gasteiger charge is -2.12. The van der Waals surface area contributed by atoms with Crippen molar-refractivity contribution < 1.29 is 0 Å². The summed E-state index contributed by atoms with van der Waals surface area (Å²) < 4.78 is 0. The first-order valence-corrected chi connectivity index (χ1v) is 5.62. The molecule has 1 aromatic heterocycles. The average Bonchev–Trinajstić information content (AvgIpc) is 2.38. The Morgan fingerprint density at radius 1 is 1.00 bits per heavy atom. The van der Waals surface area contributed by atoms with E-state index < -0.39 is 0 Å². The molecule has 17 heavy (non-hydrogen) atoms. The third-order valence-electron chi connectivity index (χ3n) is 2.52. The van der Waals surface area contributed by atoms with E-state index in [1.807, 2.05) is 38.4 Å². The SMILES string of the molecule is CN(C)c1cccc(/C=C/c2ccccn2)c1. The highest BCUT2D eigenvalue weighted by atomic mass is 15.1. The molecule has 0 fully saturated rings. The van der Waals surface area contributed by atoms with Crippen molar-refractivity contribution in [1.82, 2.24) is 4.98 Å². The summed E-state index contributed by atoms with van der Waals surface area (Å²) >= 11 is 0. The largest absolute Gasteiger partial charge is 0.378 e. The first-order valence-electron chi connectivity index (χ1n) is 5.62. The van der Waals surface area contributed by atoms with E-state index in [9.17, 15) is 0 Å². The normalized spacial score (nSPS) is 10.7. The summed E-state index contributed by atoms with van der Waals surface area (Å²) in [5.41, 5.74) is 3.36. The quantitative estimate of drug-likeness (QED) is 0.795. The lowest BCUT2D eigenvalue weighted by molar-refractivity contribution is 1.13. The van der Waals surface area contributed by atoms with Gasteiger partial charge >= 0.3 is 0 Å². The molecule has 0 aliphatic rings. The Balaban J connectivity index is 2.19. The zero-order valence-corrected chi connectivity index (χ0v) is 10.2. The summed E-state index contributed by atoms with van der Waals surface area (Å²) in [5, 5.41) is 0. The van der Waals surface area contributed by atoms with E-state index in [2.05, 4.69) is 40.2 Å². The van der Waals surface area contributed by atoms with Gasteiger partial charge in [-0.1, -0.05) is 24.3 Å². The summed E-state index contributed by atoms with van der Waals surface area (Å²) in [7, 11) is 4.09. The van der Waals surface area contributed by atoms with Crippen molar-refractivity contribution in [2.75, 3.05) is 19.0 Å². The molecule has 0 atom stereocenters. The molecule has 0 bridgehead atoms. The van der Waals surface area contributed by atoms with E-state index in [1.165, 1.54) is 11.3 Å². The molecular formula is C15H16N2. The van der Waals surface area contributed by atoms with Gasteiger partial charge in [-0.15, -0.1) is 0 Å². The van der Waals surface area contributed by atoms with Gasteiger partial charge in [0.05, 0.1) is 5.69 Å². The molecule has 2 aromatic rings. The van der Waals surface area contributed by atoms with Gasteiger partial charge < -0.3 is 4.90 Å². The van der Waals surface area contributed by atoms with Crippen molar-refractivity contribution >= 4 is 17.8 Å². The van der Waals surface area contributed by atoms with Crippen LogP contribution in [0.15, 0.2) is 48.7 Å². The standard InChI is InChI=1S/C15H16N2/c1-17(2)15-8-5-6-13(12-15)9-10-14-7-3-4-11-16-14/h3-12H,1-2H3/b10-9+. The Bertz CT molecular complexity index is 501. The van der Waals surface area contributed by atoms with E-state index in [4.69, 9.17) is 0 Å². The maximum Gasteiger partial charge on any atom is 0.0629 e. The fourth-order valence-corrected chi connectivity index (χ4v) is 1.56. The highest BCUT2D eigenvalue weighted by Crippen LogP contribution is 2.15.